The van der Waals surface area contributed by atoms with Gasteiger partial charge in [0.25, 0.3) is 0 Å². The molecular weight excluding hydrogens is 398 g/mol. The Kier molecular flexibility index (Phi) is 8.14. The lowest BCUT2D eigenvalue weighted by atomic mass is 10.1. The second-order valence-electron chi connectivity index (χ2n) is 7.95. The van der Waals surface area contributed by atoms with Crippen LogP contribution in [-0.2, 0) is 11.3 Å². The molecule has 0 radical (unpaired) electrons. The van der Waals surface area contributed by atoms with Crippen LogP contribution in [0.4, 0.5) is 0 Å². The van der Waals surface area contributed by atoms with Gasteiger partial charge in [0.15, 0.2) is 0 Å². The number of halogens is 1. The highest BCUT2D eigenvalue weighted by molar-refractivity contribution is 6.32. The van der Waals surface area contributed by atoms with Crippen molar-refractivity contribution in [3.8, 4) is 5.75 Å². The molecule has 1 amide bonds. The molecule has 30 heavy (non-hydrogen) atoms. The summed E-state index contributed by atoms with van der Waals surface area (Å²) in [4.78, 5) is 19.4. The van der Waals surface area contributed by atoms with E-state index in [9.17, 15) is 4.79 Å². The number of ether oxygens (including phenoxy) is 1. The molecular formula is C24H32ClN3O2. The molecule has 0 aliphatic carbocycles. The highest BCUT2D eigenvalue weighted by Gasteiger charge is 2.27. The van der Waals surface area contributed by atoms with Crippen LogP contribution in [0.25, 0.3) is 0 Å². The number of amides is 1. The average Bonchev–Trinajstić information content (AvgIpc) is 2.76. The van der Waals surface area contributed by atoms with E-state index in [2.05, 4.69) is 28.9 Å². The average molecular weight is 430 g/mol. The molecule has 3 rings (SSSR count). The summed E-state index contributed by atoms with van der Waals surface area (Å²) >= 11 is 6.13. The standard InChI is InChI=1S/C24H32ClN3O2/c1-19-8-4-5-9-21(19)18-26(3)24(29)20(2)28-14-12-27(13-15-28)16-17-30-23-11-7-6-10-22(23)25/h4-11,20H,12-18H2,1-3H3. The van der Waals surface area contributed by atoms with Gasteiger partial charge < -0.3 is 9.64 Å². The van der Waals surface area contributed by atoms with E-state index in [1.165, 1.54) is 11.1 Å². The molecule has 1 heterocycles. The second kappa shape index (κ2) is 10.8. The number of carbonyl (C=O) groups is 1. The van der Waals surface area contributed by atoms with Crippen molar-refractivity contribution >= 4 is 17.5 Å². The predicted octanol–water partition coefficient (Wildman–Crippen LogP) is 3.69. The Morgan fingerprint density at radius 1 is 1.10 bits per heavy atom. The van der Waals surface area contributed by atoms with Crippen LogP contribution in [0.5, 0.6) is 5.75 Å². The predicted molar refractivity (Wildman–Crippen MR) is 122 cm³/mol. The molecule has 162 valence electrons. The Hall–Kier alpha value is -2.08. The normalized spacial score (nSPS) is 16.3. The lowest BCUT2D eigenvalue weighted by Gasteiger charge is -2.38. The molecule has 0 aromatic heterocycles. The maximum Gasteiger partial charge on any atom is 0.239 e. The monoisotopic (exact) mass is 429 g/mol. The van der Waals surface area contributed by atoms with Crippen molar-refractivity contribution in [2.75, 3.05) is 46.4 Å². The summed E-state index contributed by atoms with van der Waals surface area (Å²) < 4.78 is 5.80. The first-order valence-corrected chi connectivity index (χ1v) is 11.0. The topological polar surface area (TPSA) is 36.0 Å². The van der Waals surface area contributed by atoms with Crippen molar-refractivity contribution in [3.63, 3.8) is 0 Å². The van der Waals surface area contributed by atoms with E-state index in [4.69, 9.17) is 16.3 Å². The van der Waals surface area contributed by atoms with E-state index in [0.717, 1.165) is 38.5 Å². The van der Waals surface area contributed by atoms with Crippen LogP contribution < -0.4 is 4.74 Å². The molecule has 0 spiro atoms. The van der Waals surface area contributed by atoms with Crippen molar-refractivity contribution in [3.05, 3.63) is 64.7 Å². The third-order valence-electron chi connectivity index (χ3n) is 5.86. The largest absolute Gasteiger partial charge is 0.491 e. The summed E-state index contributed by atoms with van der Waals surface area (Å²) in [7, 11) is 1.90. The molecule has 1 fully saturated rings. The van der Waals surface area contributed by atoms with Gasteiger partial charge in [0, 0.05) is 46.3 Å². The maximum atomic E-state index is 12.9. The van der Waals surface area contributed by atoms with Gasteiger partial charge in [-0.2, -0.15) is 0 Å². The summed E-state index contributed by atoms with van der Waals surface area (Å²) in [5.74, 6) is 0.905. The van der Waals surface area contributed by atoms with Crippen LogP contribution >= 0.6 is 11.6 Å². The van der Waals surface area contributed by atoms with Crippen molar-refractivity contribution < 1.29 is 9.53 Å². The Bertz CT molecular complexity index is 837. The number of aryl methyl sites for hydroxylation is 1. The quantitative estimate of drug-likeness (QED) is 0.641. The first kappa shape index (κ1) is 22.6. The smallest absolute Gasteiger partial charge is 0.239 e. The molecule has 1 unspecified atom stereocenters. The van der Waals surface area contributed by atoms with E-state index in [0.29, 0.717) is 18.2 Å². The van der Waals surface area contributed by atoms with Crippen molar-refractivity contribution in [1.29, 1.82) is 0 Å². The number of benzene rings is 2. The summed E-state index contributed by atoms with van der Waals surface area (Å²) in [6, 6.07) is 15.7. The zero-order valence-corrected chi connectivity index (χ0v) is 18.9. The number of para-hydroxylation sites is 1. The summed E-state index contributed by atoms with van der Waals surface area (Å²) in [5, 5.41) is 0.643. The van der Waals surface area contributed by atoms with Crippen LogP contribution in [0.3, 0.4) is 0 Å². The molecule has 0 N–H and O–H groups in total. The van der Waals surface area contributed by atoms with E-state index in [1.54, 1.807) is 0 Å². The second-order valence-corrected chi connectivity index (χ2v) is 8.36. The van der Waals surface area contributed by atoms with E-state index >= 15 is 0 Å². The fourth-order valence-corrected chi connectivity index (χ4v) is 4.01. The molecule has 0 bridgehead atoms. The van der Waals surface area contributed by atoms with Crippen LogP contribution in [0.1, 0.15) is 18.1 Å². The Morgan fingerprint density at radius 2 is 1.77 bits per heavy atom. The van der Waals surface area contributed by atoms with Gasteiger partial charge in [-0.05, 0) is 37.1 Å². The zero-order chi connectivity index (χ0) is 21.5. The minimum atomic E-state index is -0.111. The zero-order valence-electron chi connectivity index (χ0n) is 18.2. The number of piperazine rings is 1. The van der Waals surface area contributed by atoms with Crippen LogP contribution in [0.2, 0.25) is 5.02 Å². The molecule has 2 aromatic rings. The van der Waals surface area contributed by atoms with Gasteiger partial charge in [-0.25, -0.2) is 0 Å². The van der Waals surface area contributed by atoms with Crippen LogP contribution in [0, 0.1) is 6.92 Å². The maximum absolute atomic E-state index is 12.9. The van der Waals surface area contributed by atoms with Gasteiger partial charge in [0.2, 0.25) is 5.91 Å². The lowest BCUT2D eigenvalue weighted by molar-refractivity contribution is -0.136. The van der Waals surface area contributed by atoms with Crippen LogP contribution in [0.15, 0.2) is 48.5 Å². The third-order valence-corrected chi connectivity index (χ3v) is 6.17. The molecule has 1 atom stereocenters. The van der Waals surface area contributed by atoms with Gasteiger partial charge in [0.05, 0.1) is 11.1 Å². The van der Waals surface area contributed by atoms with E-state index in [1.807, 2.05) is 55.3 Å². The van der Waals surface area contributed by atoms with Crippen molar-refractivity contribution in [2.45, 2.75) is 26.4 Å². The number of carbonyl (C=O) groups excluding carboxylic acids is 1. The van der Waals surface area contributed by atoms with Gasteiger partial charge >= 0.3 is 0 Å². The van der Waals surface area contributed by atoms with E-state index in [-0.39, 0.29) is 11.9 Å². The molecule has 2 aromatic carbocycles. The first-order chi connectivity index (χ1) is 14.5. The lowest BCUT2D eigenvalue weighted by Crippen LogP contribution is -2.54. The van der Waals surface area contributed by atoms with Crippen molar-refractivity contribution in [2.24, 2.45) is 0 Å². The SMILES string of the molecule is Cc1ccccc1CN(C)C(=O)C(C)N1CCN(CCOc2ccccc2Cl)CC1. The summed E-state index contributed by atoms with van der Waals surface area (Å²) in [6.45, 7) is 9.87. The molecule has 0 saturated carbocycles. The Morgan fingerprint density at radius 3 is 2.47 bits per heavy atom. The highest BCUT2D eigenvalue weighted by Crippen LogP contribution is 2.23. The molecule has 1 saturated heterocycles. The molecule has 1 aliphatic rings. The molecule has 6 heteroatoms. The van der Waals surface area contributed by atoms with E-state index < -0.39 is 0 Å². The fraction of sp³-hybridized carbons (Fsp3) is 0.458. The number of likely N-dealkylation sites (N-methyl/N-ethyl adjacent to an activating group) is 1. The minimum Gasteiger partial charge on any atom is -0.491 e. The van der Waals surface area contributed by atoms with Gasteiger partial charge in [0.1, 0.15) is 12.4 Å². The minimum absolute atomic E-state index is 0.111. The van der Waals surface area contributed by atoms with Crippen LogP contribution in [-0.4, -0.2) is 73.0 Å². The Labute approximate surface area is 185 Å². The Balaban J connectivity index is 1.42. The number of rotatable bonds is 8. The summed E-state index contributed by atoms with van der Waals surface area (Å²) in [5.41, 5.74) is 2.42. The molecule has 1 aliphatic heterocycles. The number of hydrogen-bond donors (Lipinski definition) is 0. The fourth-order valence-electron chi connectivity index (χ4n) is 3.82. The third kappa shape index (κ3) is 5.97. The van der Waals surface area contributed by atoms with Crippen molar-refractivity contribution in [1.82, 2.24) is 14.7 Å². The summed E-state index contributed by atoms with van der Waals surface area (Å²) in [6.07, 6.45) is 0. The molecule has 5 nitrogen and oxygen atoms in total. The highest BCUT2D eigenvalue weighted by atomic mass is 35.5. The van der Waals surface area contributed by atoms with Gasteiger partial charge in [-0.15, -0.1) is 0 Å². The first-order valence-electron chi connectivity index (χ1n) is 10.6. The van der Waals surface area contributed by atoms with Gasteiger partial charge in [-0.1, -0.05) is 48.0 Å². The number of nitrogens with zero attached hydrogens (tertiary/aromatic N) is 3. The number of hydrogen-bond acceptors (Lipinski definition) is 4. The van der Waals surface area contributed by atoms with Gasteiger partial charge in [-0.3, -0.25) is 14.6 Å².